The molecule has 3 rings (SSSR count). The Kier molecular flexibility index (Phi) is 4.06. The highest BCUT2D eigenvalue weighted by atomic mass is 16.5. The van der Waals surface area contributed by atoms with Gasteiger partial charge < -0.3 is 4.74 Å². The van der Waals surface area contributed by atoms with Crippen LogP contribution >= 0.6 is 0 Å². The quantitative estimate of drug-likeness (QED) is 0.683. The molecule has 2 aromatic carbocycles. The molecule has 0 spiro atoms. The van der Waals surface area contributed by atoms with Gasteiger partial charge in [-0.2, -0.15) is 0 Å². The lowest BCUT2D eigenvalue weighted by Gasteiger charge is -2.20. The molecule has 0 saturated heterocycles. The summed E-state index contributed by atoms with van der Waals surface area (Å²) in [4.78, 5) is 0. The number of rotatable bonds is 4. The smallest absolute Gasteiger partial charge is 0.127 e. The first-order valence-electron chi connectivity index (χ1n) is 8.03. The van der Waals surface area contributed by atoms with Gasteiger partial charge in [-0.3, -0.25) is 0 Å². The van der Waals surface area contributed by atoms with Crippen molar-refractivity contribution in [2.24, 2.45) is 5.92 Å². The second-order valence-corrected chi connectivity index (χ2v) is 6.64. The van der Waals surface area contributed by atoms with Crippen LogP contribution in [0.3, 0.4) is 0 Å². The van der Waals surface area contributed by atoms with E-state index in [1.54, 1.807) is 0 Å². The Morgan fingerprint density at radius 1 is 1.23 bits per heavy atom. The van der Waals surface area contributed by atoms with E-state index in [4.69, 9.17) is 4.74 Å². The monoisotopic (exact) mass is 292 g/mol. The van der Waals surface area contributed by atoms with E-state index in [9.17, 15) is 0 Å². The number of hydrogen-bond donors (Lipinski definition) is 0. The maximum atomic E-state index is 6.33. The van der Waals surface area contributed by atoms with Crippen LogP contribution in [0.4, 0.5) is 0 Å². The largest absolute Gasteiger partial charge is 0.485 e. The third-order valence-electron chi connectivity index (χ3n) is 4.49. The average molecular weight is 292 g/mol. The van der Waals surface area contributed by atoms with E-state index in [-0.39, 0.29) is 6.10 Å². The van der Waals surface area contributed by atoms with Gasteiger partial charge in [0, 0.05) is 5.92 Å². The molecule has 0 saturated carbocycles. The van der Waals surface area contributed by atoms with Gasteiger partial charge in [-0.1, -0.05) is 49.4 Å². The van der Waals surface area contributed by atoms with Gasteiger partial charge in [0.05, 0.1) is 0 Å². The van der Waals surface area contributed by atoms with Crippen molar-refractivity contribution in [3.63, 3.8) is 0 Å². The highest BCUT2D eigenvalue weighted by Gasteiger charge is 2.30. The van der Waals surface area contributed by atoms with Crippen LogP contribution < -0.4 is 4.74 Å². The minimum absolute atomic E-state index is 0.169. The normalized spacial score (nSPS) is 19.8. The summed E-state index contributed by atoms with van der Waals surface area (Å²) in [6, 6.07) is 15.1. The Labute approximate surface area is 133 Å². The Balaban J connectivity index is 1.82. The van der Waals surface area contributed by atoms with Crippen molar-refractivity contribution in [2.45, 2.75) is 39.7 Å². The van der Waals surface area contributed by atoms with Gasteiger partial charge >= 0.3 is 0 Å². The molecule has 2 atom stereocenters. The van der Waals surface area contributed by atoms with Gasteiger partial charge in [-0.25, -0.2) is 0 Å². The number of hydrogen-bond acceptors (Lipinski definition) is 1. The number of allylic oxidation sites excluding steroid dienone is 1. The zero-order valence-corrected chi connectivity index (χ0v) is 13.7. The molecular weight excluding hydrogens is 268 g/mol. The predicted octanol–water partition coefficient (Wildman–Crippen LogP) is 5.43. The summed E-state index contributed by atoms with van der Waals surface area (Å²) >= 11 is 0. The predicted molar refractivity (Wildman–Crippen MR) is 92.4 cm³/mol. The fourth-order valence-electron chi connectivity index (χ4n) is 3.35. The minimum atomic E-state index is 0.169. The minimum Gasteiger partial charge on any atom is -0.485 e. The van der Waals surface area contributed by atoms with Crippen molar-refractivity contribution >= 4 is 0 Å². The molecule has 114 valence electrons. The first-order valence-corrected chi connectivity index (χ1v) is 8.03. The molecule has 0 bridgehead atoms. The average Bonchev–Trinajstić information content (AvgIpc) is 2.78. The van der Waals surface area contributed by atoms with E-state index in [2.05, 4.69) is 69.8 Å². The first-order chi connectivity index (χ1) is 10.5. The topological polar surface area (TPSA) is 9.23 Å². The zero-order valence-electron chi connectivity index (χ0n) is 13.7. The number of ether oxygens (including phenoxy) is 1. The van der Waals surface area contributed by atoms with Crippen LogP contribution in [0.2, 0.25) is 0 Å². The van der Waals surface area contributed by atoms with Crippen LogP contribution in [-0.2, 0) is 12.8 Å². The highest BCUT2D eigenvalue weighted by Crippen LogP contribution is 2.39. The van der Waals surface area contributed by atoms with E-state index >= 15 is 0 Å². The second kappa shape index (κ2) is 6.00. The number of benzene rings is 2. The summed E-state index contributed by atoms with van der Waals surface area (Å²) in [5.41, 5.74) is 6.57. The van der Waals surface area contributed by atoms with Gasteiger partial charge in [0.1, 0.15) is 11.9 Å². The molecule has 0 radical (unpaired) electrons. The van der Waals surface area contributed by atoms with Crippen LogP contribution in [0.5, 0.6) is 5.75 Å². The fraction of sp³-hybridized carbons (Fsp3) is 0.333. The van der Waals surface area contributed by atoms with Gasteiger partial charge in [0.25, 0.3) is 0 Å². The summed E-state index contributed by atoms with van der Waals surface area (Å²) < 4.78 is 6.33. The molecule has 0 aliphatic heterocycles. The molecule has 1 aliphatic rings. The fourth-order valence-corrected chi connectivity index (χ4v) is 3.35. The summed E-state index contributed by atoms with van der Waals surface area (Å²) in [6.07, 6.45) is 2.21. The van der Waals surface area contributed by atoms with Crippen molar-refractivity contribution in [1.29, 1.82) is 0 Å². The van der Waals surface area contributed by atoms with Crippen molar-refractivity contribution in [1.82, 2.24) is 0 Å². The van der Waals surface area contributed by atoms with Gasteiger partial charge in [0.15, 0.2) is 0 Å². The van der Waals surface area contributed by atoms with Gasteiger partial charge in [0.2, 0.25) is 0 Å². The molecule has 0 heterocycles. The molecule has 1 aliphatic carbocycles. The van der Waals surface area contributed by atoms with Crippen molar-refractivity contribution in [3.8, 4) is 5.75 Å². The first kappa shape index (κ1) is 14.9. The van der Waals surface area contributed by atoms with Crippen LogP contribution in [0.25, 0.3) is 0 Å². The summed E-state index contributed by atoms with van der Waals surface area (Å²) in [5, 5.41) is 0. The molecule has 0 amide bonds. The maximum Gasteiger partial charge on any atom is 0.127 e. The molecule has 2 aromatic rings. The van der Waals surface area contributed by atoms with E-state index in [0.717, 1.165) is 18.6 Å². The van der Waals surface area contributed by atoms with Crippen molar-refractivity contribution < 1.29 is 4.74 Å². The molecule has 0 aromatic heterocycles. The molecule has 1 nitrogen and oxygen atoms in total. The van der Waals surface area contributed by atoms with Crippen LogP contribution in [0, 0.1) is 12.8 Å². The number of fused-ring (bicyclic) bond motifs is 1. The Hall–Kier alpha value is -2.02. The van der Waals surface area contributed by atoms with Crippen LogP contribution in [0.1, 0.15) is 42.2 Å². The Morgan fingerprint density at radius 2 is 2.00 bits per heavy atom. The Bertz CT molecular complexity index is 699. The van der Waals surface area contributed by atoms with Gasteiger partial charge in [-0.05, 0) is 61.1 Å². The summed E-state index contributed by atoms with van der Waals surface area (Å²) in [7, 11) is 0. The molecule has 0 N–H and O–H groups in total. The molecule has 22 heavy (non-hydrogen) atoms. The lowest BCUT2D eigenvalue weighted by molar-refractivity contribution is 0.159. The standard InChI is InChI=1S/C21H24O/c1-14(2)11-17-9-10-19(13-15(17)3)22-21-16(4)12-18-7-5-6-8-20(18)21/h5-10,13,16,21H,1,11-12H2,2-4H3/t16-,21?/m1/s1. The molecule has 1 unspecified atom stereocenters. The van der Waals surface area contributed by atoms with Crippen molar-refractivity contribution in [2.75, 3.05) is 0 Å². The van der Waals surface area contributed by atoms with E-state index in [1.807, 2.05) is 0 Å². The van der Waals surface area contributed by atoms with Crippen LogP contribution in [-0.4, -0.2) is 0 Å². The Morgan fingerprint density at radius 3 is 2.73 bits per heavy atom. The lowest BCUT2D eigenvalue weighted by atomic mass is 10.0. The SMILES string of the molecule is C=C(C)Cc1ccc(OC2c3ccccc3C[C@H]2C)cc1C. The molecule has 0 fully saturated rings. The van der Waals surface area contributed by atoms with E-state index in [0.29, 0.717) is 5.92 Å². The molecule has 1 heteroatoms. The third kappa shape index (κ3) is 2.94. The van der Waals surface area contributed by atoms with E-state index < -0.39 is 0 Å². The lowest BCUT2D eigenvalue weighted by Crippen LogP contribution is -2.11. The van der Waals surface area contributed by atoms with Crippen LogP contribution in [0.15, 0.2) is 54.6 Å². The van der Waals surface area contributed by atoms with Crippen molar-refractivity contribution in [3.05, 3.63) is 76.9 Å². The summed E-state index contributed by atoms with van der Waals surface area (Å²) in [6.45, 7) is 10.5. The highest BCUT2D eigenvalue weighted by molar-refractivity contribution is 5.39. The maximum absolute atomic E-state index is 6.33. The molecular formula is C21H24O. The number of aryl methyl sites for hydroxylation is 1. The van der Waals surface area contributed by atoms with E-state index in [1.165, 1.54) is 27.8 Å². The van der Waals surface area contributed by atoms with Gasteiger partial charge in [-0.15, -0.1) is 0 Å². The summed E-state index contributed by atoms with van der Waals surface area (Å²) in [5.74, 6) is 1.49. The zero-order chi connectivity index (χ0) is 15.7. The third-order valence-corrected chi connectivity index (χ3v) is 4.49. The second-order valence-electron chi connectivity index (χ2n) is 6.64.